The summed E-state index contributed by atoms with van der Waals surface area (Å²) in [5.41, 5.74) is -0.241. The van der Waals surface area contributed by atoms with Crippen LogP contribution in [0.25, 0.3) is 0 Å². The smallest absolute Gasteiger partial charge is 0.417 e. The van der Waals surface area contributed by atoms with Gasteiger partial charge in [0.25, 0.3) is 5.91 Å². The Bertz CT molecular complexity index is 1080. The maximum absolute atomic E-state index is 12.6. The van der Waals surface area contributed by atoms with Crippen LogP contribution in [0.1, 0.15) is 11.1 Å². The molecular formula is C18H17ClF3N3O5S. The number of likely N-dealkylation sites (N-methyl/N-ethyl adjacent to an activating group) is 1. The van der Waals surface area contributed by atoms with Gasteiger partial charge in [-0.25, -0.2) is 13.4 Å². The zero-order chi connectivity index (χ0) is 23.4. The number of nitrogens with one attached hydrogen (secondary N) is 1. The third kappa shape index (κ3) is 6.64. The van der Waals surface area contributed by atoms with E-state index in [9.17, 15) is 31.2 Å². The quantitative estimate of drug-likeness (QED) is 0.612. The van der Waals surface area contributed by atoms with Crippen molar-refractivity contribution in [2.24, 2.45) is 0 Å². The second kappa shape index (κ2) is 9.62. The molecule has 0 saturated heterocycles. The van der Waals surface area contributed by atoms with E-state index in [0.717, 1.165) is 9.87 Å². The summed E-state index contributed by atoms with van der Waals surface area (Å²) in [7, 11) is -2.78. The molecule has 0 unspecified atom stereocenters. The van der Waals surface area contributed by atoms with E-state index in [1.165, 1.54) is 19.2 Å². The van der Waals surface area contributed by atoms with Gasteiger partial charge in [0.1, 0.15) is 6.54 Å². The molecule has 0 aliphatic carbocycles. The molecule has 8 nitrogen and oxygen atoms in total. The number of amides is 1. The van der Waals surface area contributed by atoms with Gasteiger partial charge in [-0.1, -0.05) is 29.3 Å². The third-order valence-electron chi connectivity index (χ3n) is 3.87. The topological polar surface area (TPSA) is 106 Å². The number of carbonyl (C=O) groups excluding carboxylic acids is 2. The number of carbonyl (C=O) groups is 2. The summed E-state index contributed by atoms with van der Waals surface area (Å²) in [6.07, 6.45) is -4.17. The highest BCUT2D eigenvalue weighted by Crippen LogP contribution is 2.32. The summed E-state index contributed by atoms with van der Waals surface area (Å²) >= 11 is 5.67. The van der Waals surface area contributed by atoms with Gasteiger partial charge in [0.15, 0.2) is 12.4 Å². The summed E-state index contributed by atoms with van der Waals surface area (Å²) in [5, 5.41) is 1.64. The van der Waals surface area contributed by atoms with Crippen molar-refractivity contribution < 1.29 is 35.9 Å². The molecule has 0 saturated carbocycles. The van der Waals surface area contributed by atoms with E-state index in [1.54, 1.807) is 19.1 Å². The van der Waals surface area contributed by atoms with Crippen molar-refractivity contribution in [2.45, 2.75) is 18.0 Å². The first kappa shape index (κ1) is 24.6. The minimum atomic E-state index is -4.65. The summed E-state index contributed by atoms with van der Waals surface area (Å²) in [6, 6.07) is 6.57. The SMILES string of the molecule is Cc1ccc(S(=O)(=O)N(C)CC(=O)OCC(=O)Nc2ncc(C(F)(F)F)cc2Cl)cc1. The zero-order valence-electron chi connectivity index (χ0n) is 16.2. The Labute approximate surface area is 181 Å². The Morgan fingerprint density at radius 1 is 1.23 bits per heavy atom. The predicted octanol–water partition coefficient (Wildman–Crippen LogP) is 2.86. The van der Waals surface area contributed by atoms with Crippen LogP contribution in [-0.2, 0) is 30.5 Å². The number of anilines is 1. The maximum atomic E-state index is 12.6. The average Bonchev–Trinajstić information content (AvgIpc) is 2.67. The minimum absolute atomic E-state index is 0.0193. The van der Waals surface area contributed by atoms with Crippen LogP contribution in [0.4, 0.5) is 19.0 Å². The van der Waals surface area contributed by atoms with E-state index >= 15 is 0 Å². The number of pyridine rings is 1. The standard InChI is InChI=1S/C18H17ClF3N3O5S/c1-11-3-5-13(6-4-11)31(28,29)25(2)9-16(27)30-10-15(26)24-17-14(19)7-12(8-23-17)18(20,21)22/h3-8H,9-10H2,1-2H3,(H,23,24,26). The lowest BCUT2D eigenvalue weighted by atomic mass is 10.2. The number of aryl methyl sites for hydroxylation is 1. The van der Waals surface area contributed by atoms with E-state index in [4.69, 9.17) is 16.3 Å². The second-order valence-corrected chi connectivity index (χ2v) is 8.79. The highest BCUT2D eigenvalue weighted by Gasteiger charge is 2.31. The minimum Gasteiger partial charge on any atom is -0.455 e. The number of alkyl halides is 3. The number of hydrogen-bond donors (Lipinski definition) is 1. The molecule has 1 aromatic carbocycles. The molecule has 0 radical (unpaired) electrons. The van der Waals surface area contributed by atoms with Gasteiger partial charge >= 0.3 is 12.1 Å². The first-order chi connectivity index (χ1) is 14.3. The highest BCUT2D eigenvalue weighted by molar-refractivity contribution is 7.89. The summed E-state index contributed by atoms with van der Waals surface area (Å²) < 4.78 is 68.1. The van der Waals surface area contributed by atoms with Crippen molar-refractivity contribution in [2.75, 3.05) is 25.5 Å². The summed E-state index contributed by atoms with van der Waals surface area (Å²) in [4.78, 5) is 27.1. The van der Waals surface area contributed by atoms with Crippen LogP contribution in [0.3, 0.4) is 0 Å². The van der Waals surface area contributed by atoms with Crippen LogP contribution in [-0.4, -0.2) is 49.8 Å². The van der Waals surface area contributed by atoms with Crippen LogP contribution in [0.2, 0.25) is 5.02 Å². The Hall–Kier alpha value is -2.70. The van der Waals surface area contributed by atoms with Crippen LogP contribution in [0, 0.1) is 6.92 Å². The van der Waals surface area contributed by atoms with E-state index in [0.29, 0.717) is 12.3 Å². The Morgan fingerprint density at radius 2 is 1.84 bits per heavy atom. The molecule has 0 fully saturated rings. The molecule has 168 valence electrons. The van der Waals surface area contributed by atoms with Crippen molar-refractivity contribution in [3.05, 3.63) is 52.7 Å². The lowest BCUT2D eigenvalue weighted by Gasteiger charge is -2.16. The third-order valence-corrected chi connectivity index (χ3v) is 5.98. The largest absolute Gasteiger partial charge is 0.455 e. The van der Waals surface area contributed by atoms with Gasteiger partial charge in [0.2, 0.25) is 10.0 Å². The fraction of sp³-hybridized carbons (Fsp3) is 0.278. The lowest BCUT2D eigenvalue weighted by molar-refractivity contribution is -0.147. The second-order valence-electron chi connectivity index (χ2n) is 6.34. The molecule has 0 spiro atoms. The van der Waals surface area contributed by atoms with Crippen molar-refractivity contribution in [3.63, 3.8) is 0 Å². The lowest BCUT2D eigenvalue weighted by Crippen LogP contribution is -2.34. The molecule has 0 atom stereocenters. The Morgan fingerprint density at radius 3 is 2.39 bits per heavy atom. The van der Waals surface area contributed by atoms with Gasteiger partial charge in [0, 0.05) is 13.2 Å². The molecule has 2 aromatic rings. The molecule has 0 aliphatic rings. The molecule has 1 aromatic heterocycles. The Balaban J connectivity index is 1.91. The number of esters is 1. The van der Waals surface area contributed by atoms with Crippen molar-refractivity contribution in [1.29, 1.82) is 0 Å². The molecule has 31 heavy (non-hydrogen) atoms. The predicted molar refractivity (Wildman–Crippen MR) is 105 cm³/mol. The van der Waals surface area contributed by atoms with Gasteiger partial charge in [-0.3, -0.25) is 9.59 Å². The maximum Gasteiger partial charge on any atom is 0.417 e. The van der Waals surface area contributed by atoms with Crippen LogP contribution >= 0.6 is 11.6 Å². The number of benzene rings is 1. The van der Waals surface area contributed by atoms with E-state index < -0.39 is 51.8 Å². The zero-order valence-corrected chi connectivity index (χ0v) is 17.8. The molecule has 13 heteroatoms. The molecule has 0 bridgehead atoms. The number of aromatic nitrogens is 1. The highest BCUT2D eigenvalue weighted by atomic mass is 35.5. The van der Waals surface area contributed by atoms with Crippen molar-refractivity contribution >= 4 is 39.3 Å². The molecular weight excluding hydrogens is 463 g/mol. The molecule has 1 N–H and O–H groups in total. The summed E-state index contributed by atoms with van der Waals surface area (Å²) in [5.74, 6) is -2.29. The van der Waals surface area contributed by atoms with Crippen LogP contribution in [0.15, 0.2) is 41.4 Å². The number of hydrogen-bond acceptors (Lipinski definition) is 6. The molecule has 2 rings (SSSR count). The fourth-order valence-corrected chi connectivity index (χ4v) is 3.53. The van der Waals surface area contributed by atoms with Crippen LogP contribution in [0.5, 0.6) is 0 Å². The number of nitrogens with zero attached hydrogens (tertiary/aromatic N) is 2. The van der Waals surface area contributed by atoms with Gasteiger partial charge in [-0.2, -0.15) is 17.5 Å². The number of ether oxygens (including phenoxy) is 1. The van der Waals surface area contributed by atoms with E-state index in [2.05, 4.69) is 10.3 Å². The Kier molecular flexibility index (Phi) is 7.63. The molecule has 0 aliphatic heterocycles. The normalized spacial score (nSPS) is 12.0. The molecule has 1 amide bonds. The van der Waals surface area contributed by atoms with Gasteiger partial charge in [-0.05, 0) is 25.1 Å². The van der Waals surface area contributed by atoms with Crippen molar-refractivity contribution in [1.82, 2.24) is 9.29 Å². The first-order valence-corrected chi connectivity index (χ1v) is 10.3. The first-order valence-electron chi connectivity index (χ1n) is 8.52. The monoisotopic (exact) mass is 479 g/mol. The van der Waals surface area contributed by atoms with E-state index in [-0.39, 0.29) is 10.7 Å². The number of halogens is 4. The van der Waals surface area contributed by atoms with Crippen LogP contribution < -0.4 is 5.32 Å². The van der Waals surface area contributed by atoms with Gasteiger partial charge in [-0.15, -0.1) is 0 Å². The number of sulfonamides is 1. The van der Waals surface area contributed by atoms with Crippen molar-refractivity contribution in [3.8, 4) is 0 Å². The van der Waals surface area contributed by atoms with Gasteiger partial charge < -0.3 is 10.1 Å². The number of rotatable bonds is 7. The van der Waals surface area contributed by atoms with E-state index in [1.807, 2.05) is 0 Å². The van der Waals surface area contributed by atoms with Gasteiger partial charge in [0.05, 0.1) is 15.5 Å². The summed E-state index contributed by atoms with van der Waals surface area (Å²) in [6.45, 7) is 0.301. The average molecular weight is 480 g/mol. The fourth-order valence-electron chi connectivity index (χ4n) is 2.20. The molecule has 1 heterocycles.